The van der Waals surface area contributed by atoms with Crippen LogP contribution in [0.25, 0.3) is 61.5 Å². The van der Waals surface area contributed by atoms with Crippen molar-refractivity contribution in [1.82, 2.24) is 14.5 Å². The molecular formula is C48H32N4Pt. The largest absolute Gasteiger partial charge is 2.00 e. The summed E-state index contributed by atoms with van der Waals surface area (Å²) in [6.45, 7) is 0. The van der Waals surface area contributed by atoms with Gasteiger partial charge in [-0.15, -0.1) is 47.3 Å². The van der Waals surface area contributed by atoms with Crippen molar-refractivity contribution in [1.29, 1.82) is 0 Å². The van der Waals surface area contributed by atoms with Crippen LogP contribution < -0.4 is 4.90 Å². The minimum Gasteiger partial charge on any atom is -0.352 e. The van der Waals surface area contributed by atoms with E-state index in [4.69, 9.17) is 4.98 Å². The molecule has 6 aromatic carbocycles. The van der Waals surface area contributed by atoms with Gasteiger partial charge in [0.15, 0.2) is 0 Å². The minimum absolute atomic E-state index is 0. The van der Waals surface area contributed by atoms with E-state index in [0.717, 1.165) is 78.6 Å². The first-order valence-electron chi connectivity index (χ1n) is 17.3. The summed E-state index contributed by atoms with van der Waals surface area (Å²) in [7, 11) is 0. The van der Waals surface area contributed by atoms with Gasteiger partial charge >= 0.3 is 21.1 Å². The molecule has 0 bridgehead atoms. The summed E-state index contributed by atoms with van der Waals surface area (Å²) in [4.78, 5) is 11.8. The number of hydrogen-bond acceptors (Lipinski definition) is 3. The Morgan fingerprint density at radius 1 is 0.472 bits per heavy atom. The monoisotopic (exact) mass is 859 g/mol. The van der Waals surface area contributed by atoms with E-state index in [9.17, 15) is 0 Å². The van der Waals surface area contributed by atoms with Crippen molar-refractivity contribution in [3.05, 3.63) is 207 Å². The van der Waals surface area contributed by atoms with Gasteiger partial charge < -0.3 is 14.5 Å². The molecule has 254 valence electrons. The summed E-state index contributed by atoms with van der Waals surface area (Å²) in [5, 5.41) is 1.09. The van der Waals surface area contributed by atoms with Crippen molar-refractivity contribution >= 4 is 28.0 Å². The molecule has 0 aliphatic heterocycles. The predicted molar refractivity (Wildman–Crippen MR) is 213 cm³/mol. The number of para-hydroxylation sites is 1. The molecule has 0 aliphatic carbocycles. The fourth-order valence-electron chi connectivity index (χ4n) is 6.99. The summed E-state index contributed by atoms with van der Waals surface area (Å²) in [6, 6.07) is 70.6. The summed E-state index contributed by atoms with van der Waals surface area (Å²) in [5.74, 6) is 0.821. The van der Waals surface area contributed by atoms with E-state index in [-0.39, 0.29) is 21.1 Å². The van der Waals surface area contributed by atoms with Crippen molar-refractivity contribution in [2.45, 2.75) is 0 Å². The molecule has 0 radical (unpaired) electrons. The molecule has 3 heterocycles. The van der Waals surface area contributed by atoms with Gasteiger partial charge in [-0.25, -0.2) is 4.98 Å². The molecule has 0 aliphatic rings. The van der Waals surface area contributed by atoms with Gasteiger partial charge in [0.2, 0.25) is 0 Å². The van der Waals surface area contributed by atoms with Crippen LogP contribution in [0.2, 0.25) is 0 Å². The zero-order valence-corrected chi connectivity index (χ0v) is 30.9. The van der Waals surface area contributed by atoms with Gasteiger partial charge in [-0.05, 0) is 57.9 Å². The topological polar surface area (TPSA) is 34.0 Å². The number of rotatable bonds is 8. The first-order chi connectivity index (χ1) is 25.8. The standard InChI is InChI=1S/C48H32N4.Pt/c1-4-17-35(18-5-1)41-25-10-11-27-44(41)51(39-24-16-23-38(33-39)43-26-12-14-31-49-43)40-29-30-42-45(34-40)52(46-28-13-15-32-50-46)48(37-21-8-3-9-22-37)47(42)36-19-6-2-7-20-36;/h1-32H;/q-2;+2. The molecular weight excluding hydrogens is 828 g/mol. The van der Waals surface area contributed by atoms with Gasteiger partial charge in [0.25, 0.3) is 0 Å². The second kappa shape index (κ2) is 15.1. The van der Waals surface area contributed by atoms with Crippen LogP contribution in [0, 0.1) is 12.1 Å². The Hall–Kier alpha value is -6.35. The average Bonchev–Trinajstić information content (AvgIpc) is 3.57. The Balaban J connectivity index is 0.00000400. The van der Waals surface area contributed by atoms with Crippen molar-refractivity contribution < 1.29 is 21.1 Å². The number of fused-ring (bicyclic) bond motifs is 1. The molecule has 0 amide bonds. The van der Waals surface area contributed by atoms with Crippen LogP contribution in [0.15, 0.2) is 194 Å². The van der Waals surface area contributed by atoms with Crippen LogP contribution >= 0.6 is 0 Å². The Labute approximate surface area is 324 Å². The van der Waals surface area contributed by atoms with Gasteiger partial charge in [0, 0.05) is 23.7 Å². The van der Waals surface area contributed by atoms with E-state index in [1.807, 2.05) is 42.7 Å². The number of hydrogen-bond donors (Lipinski definition) is 0. The van der Waals surface area contributed by atoms with E-state index in [1.54, 1.807) is 0 Å². The fourth-order valence-corrected chi connectivity index (χ4v) is 6.99. The molecule has 53 heavy (non-hydrogen) atoms. The third-order valence-corrected chi connectivity index (χ3v) is 9.28. The van der Waals surface area contributed by atoms with E-state index in [1.165, 1.54) is 0 Å². The van der Waals surface area contributed by atoms with E-state index in [0.29, 0.717) is 0 Å². The van der Waals surface area contributed by atoms with Gasteiger partial charge in [-0.2, -0.15) is 6.07 Å². The number of benzene rings is 6. The summed E-state index contributed by atoms with van der Waals surface area (Å²) in [5.41, 5.74) is 12.1. The Bertz CT molecular complexity index is 2610. The number of aromatic nitrogens is 3. The molecule has 0 saturated heterocycles. The molecule has 0 N–H and O–H groups in total. The van der Waals surface area contributed by atoms with Crippen LogP contribution in [-0.2, 0) is 21.1 Å². The molecule has 0 spiro atoms. The van der Waals surface area contributed by atoms with Gasteiger partial charge in [-0.3, -0.25) is 0 Å². The van der Waals surface area contributed by atoms with Crippen molar-refractivity contribution in [3.63, 3.8) is 0 Å². The van der Waals surface area contributed by atoms with Crippen LogP contribution in [0.5, 0.6) is 0 Å². The first-order valence-corrected chi connectivity index (χ1v) is 17.3. The van der Waals surface area contributed by atoms with E-state index in [2.05, 4.69) is 178 Å². The van der Waals surface area contributed by atoms with Crippen LogP contribution in [0.1, 0.15) is 0 Å². The van der Waals surface area contributed by atoms with Gasteiger partial charge in [0.05, 0.1) is 5.69 Å². The van der Waals surface area contributed by atoms with Gasteiger partial charge in [0.1, 0.15) is 5.82 Å². The van der Waals surface area contributed by atoms with Gasteiger partial charge in [-0.1, -0.05) is 139 Å². The maximum absolute atomic E-state index is 4.90. The molecule has 9 aromatic rings. The summed E-state index contributed by atoms with van der Waals surface area (Å²) >= 11 is 0. The van der Waals surface area contributed by atoms with Crippen LogP contribution in [0.3, 0.4) is 0 Å². The molecule has 4 nitrogen and oxygen atoms in total. The normalized spacial score (nSPS) is 10.9. The molecule has 5 heteroatoms. The third-order valence-electron chi connectivity index (χ3n) is 9.28. The van der Waals surface area contributed by atoms with Crippen molar-refractivity contribution in [2.75, 3.05) is 4.90 Å². The minimum atomic E-state index is 0. The molecule has 0 atom stereocenters. The molecule has 3 aromatic heterocycles. The summed E-state index contributed by atoms with van der Waals surface area (Å²) in [6.07, 6.45) is 3.67. The Morgan fingerprint density at radius 3 is 1.79 bits per heavy atom. The second-order valence-electron chi connectivity index (χ2n) is 12.5. The zero-order chi connectivity index (χ0) is 34.7. The maximum atomic E-state index is 4.90. The van der Waals surface area contributed by atoms with Crippen molar-refractivity contribution in [3.8, 4) is 50.6 Å². The van der Waals surface area contributed by atoms with Crippen LogP contribution in [-0.4, -0.2) is 14.5 Å². The Kier molecular flexibility index (Phi) is 9.62. The second-order valence-corrected chi connectivity index (χ2v) is 12.5. The summed E-state index contributed by atoms with van der Waals surface area (Å²) < 4.78 is 2.26. The van der Waals surface area contributed by atoms with E-state index >= 15 is 0 Å². The zero-order valence-electron chi connectivity index (χ0n) is 28.6. The average molecular weight is 860 g/mol. The Morgan fingerprint density at radius 2 is 1.09 bits per heavy atom. The quantitative estimate of drug-likeness (QED) is 0.143. The fraction of sp³-hybridized carbons (Fsp3) is 0. The number of anilines is 3. The molecule has 9 rings (SSSR count). The maximum Gasteiger partial charge on any atom is 2.00 e. The smallest absolute Gasteiger partial charge is 0.352 e. The number of pyridine rings is 2. The first kappa shape index (κ1) is 33.8. The van der Waals surface area contributed by atoms with Crippen LogP contribution in [0.4, 0.5) is 17.1 Å². The molecule has 0 saturated carbocycles. The van der Waals surface area contributed by atoms with Crippen molar-refractivity contribution in [2.24, 2.45) is 0 Å². The molecule has 0 fully saturated rings. The van der Waals surface area contributed by atoms with E-state index < -0.39 is 0 Å². The number of nitrogens with zero attached hydrogens (tertiary/aromatic N) is 4. The predicted octanol–water partition coefficient (Wildman–Crippen LogP) is 12.2. The third kappa shape index (κ3) is 6.50. The molecule has 0 unspecified atom stereocenters. The SMILES string of the molecule is [Pt+2].[c-]1c(-c2ccccn2)cccc1N(c1[c-]c2c(cc1)c(-c1ccccc1)c(-c1ccccc1)n2-c1ccccn1)c1ccccc1-c1ccccc1.